The Hall–Kier alpha value is -3.01. The Morgan fingerprint density at radius 2 is 1.69 bits per heavy atom. The van der Waals surface area contributed by atoms with Crippen LogP contribution in [-0.4, -0.2) is 43.8 Å². The number of aromatic nitrogens is 1. The highest BCUT2D eigenvalue weighted by atomic mass is 32.2. The monoisotopic (exact) mass is 513 g/mol. The predicted octanol–water partition coefficient (Wildman–Crippen LogP) is 5.67. The van der Waals surface area contributed by atoms with Gasteiger partial charge in [-0.2, -0.15) is 4.31 Å². The fraction of sp³-hybridized carbons (Fsp3) is 0.308. The zero-order chi connectivity index (χ0) is 25.4. The molecule has 0 aliphatic heterocycles. The van der Waals surface area contributed by atoms with E-state index in [0.29, 0.717) is 23.8 Å². The maximum Gasteiger partial charge on any atom is 0.253 e. The van der Waals surface area contributed by atoms with Crippen molar-refractivity contribution in [3.8, 4) is 17.0 Å². The largest absolute Gasteiger partial charge is 0.497 e. The summed E-state index contributed by atoms with van der Waals surface area (Å²) >= 11 is 1.35. The van der Waals surface area contributed by atoms with Crippen LogP contribution in [0.15, 0.2) is 64.4 Å². The van der Waals surface area contributed by atoms with Gasteiger partial charge in [0.2, 0.25) is 10.0 Å². The molecule has 0 saturated heterocycles. The van der Waals surface area contributed by atoms with Gasteiger partial charge in [0.25, 0.3) is 5.91 Å². The molecule has 0 saturated carbocycles. The van der Waals surface area contributed by atoms with Gasteiger partial charge in [-0.3, -0.25) is 10.1 Å². The average molecular weight is 514 g/mol. The lowest BCUT2D eigenvalue weighted by molar-refractivity contribution is -0.112. The fourth-order valence-corrected chi connectivity index (χ4v) is 5.81. The second-order valence-electron chi connectivity index (χ2n) is 8.02. The number of ether oxygens (including phenoxy) is 1. The lowest BCUT2D eigenvalue weighted by Crippen LogP contribution is -2.32. The van der Waals surface area contributed by atoms with Crippen LogP contribution in [0.2, 0.25) is 0 Å². The summed E-state index contributed by atoms with van der Waals surface area (Å²) in [5.74, 6) is 0.498. The summed E-state index contributed by atoms with van der Waals surface area (Å²) in [6.45, 7) is 6.63. The van der Waals surface area contributed by atoms with E-state index in [0.717, 1.165) is 35.4 Å². The first-order valence-corrected chi connectivity index (χ1v) is 13.8. The molecular weight excluding hydrogens is 482 g/mol. The van der Waals surface area contributed by atoms with Crippen LogP contribution in [0.4, 0.5) is 5.13 Å². The zero-order valence-electron chi connectivity index (χ0n) is 20.4. The van der Waals surface area contributed by atoms with Crippen LogP contribution < -0.4 is 10.1 Å². The fourth-order valence-electron chi connectivity index (χ4n) is 3.47. The average Bonchev–Trinajstić information content (AvgIpc) is 3.32. The molecule has 0 atom stereocenters. The maximum absolute atomic E-state index is 12.9. The zero-order valence-corrected chi connectivity index (χ0v) is 22.1. The molecule has 1 aromatic heterocycles. The topological polar surface area (TPSA) is 88.6 Å². The smallest absolute Gasteiger partial charge is 0.253 e. The van der Waals surface area contributed by atoms with E-state index in [1.54, 1.807) is 44.4 Å². The van der Waals surface area contributed by atoms with E-state index in [9.17, 15) is 13.2 Å². The van der Waals surface area contributed by atoms with Crippen molar-refractivity contribution in [2.24, 2.45) is 0 Å². The predicted molar refractivity (Wildman–Crippen MR) is 142 cm³/mol. The molecule has 0 fully saturated rings. The molecule has 186 valence electrons. The Bertz CT molecular complexity index is 1260. The second kappa shape index (κ2) is 12.1. The molecule has 0 spiro atoms. The Morgan fingerprint density at radius 1 is 1.06 bits per heavy atom. The number of carbonyl (C=O) groups excluding carboxylic acids is 1. The number of rotatable bonds is 11. The van der Waals surface area contributed by atoms with Crippen molar-refractivity contribution in [3.63, 3.8) is 0 Å². The number of sulfonamides is 1. The first-order chi connectivity index (χ1) is 16.8. The Labute approximate surface area is 211 Å². The SMILES string of the molecule is CCCN(CCC)S(=O)(=O)c1ccc(/C=C(/C)C(=O)Nc2nc(-c3ccc(OC)cc3)cs2)cc1. The van der Waals surface area contributed by atoms with E-state index in [-0.39, 0.29) is 10.8 Å². The van der Waals surface area contributed by atoms with Crippen molar-refractivity contribution in [1.29, 1.82) is 0 Å². The molecule has 1 N–H and O–H groups in total. The van der Waals surface area contributed by atoms with Crippen LogP contribution in [0.3, 0.4) is 0 Å². The number of methoxy groups -OCH3 is 1. The van der Waals surface area contributed by atoms with Gasteiger partial charge in [0.1, 0.15) is 5.75 Å². The van der Waals surface area contributed by atoms with Gasteiger partial charge >= 0.3 is 0 Å². The summed E-state index contributed by atoms with van der Waals surface area (Å²) in [6.07, 6.45) is 3.24. The second-order valence-corrected chi connectivity index (χ2v) is 10.8. The number of nitrogens with zero attached hydrogens (tertiary/aromatic N) is 2. The molecular formula is C26H31N3O4S2. The van der Waals surface area contributed by atoms with E-state index in [1.165, 1.54) is 15.6 Å². The van der Waals surface area contributed by atoms with Crippen LogP contribution in [0.25, 0.3) is 17.3 Å². The molecule has 0 aliphatic rings. The van der Waals surface area contributed by atoms with Crippen molar-refractivity contribution in [1.82, 2.24) is 9.29 Å². The standard InChI is InChI=1S/C26H31N3O4S2/c1-5-15-29(16-6-2)35(31,32)23-13-7-20(8-14-23)17-19(3)25(30)28-26-27-24(18-34-26)21-9-11-22(33-4)12-10-21/h7-14,17-18H,5-6,15-16H2,1-4H3,(H,27,28,30)/b19-17-. The normalized spacial score (nSPS) is 12.1. The summed E-state index contributed by atoms with van der Waals surface area (Å²) < 4.78 is 32.6. The van der Waals surface area contributed by atoms with Gasteiger partial charge in [0.15, 0.2) is 5.13 Å². The van der Waals surface area contributed by atoms with E-state index in [1.807, 2.05) is 43.5 Å². The molecule has 35 heavy (non-hydrogen) atoms. The van der Waals surface area contributed by atoms with E-state index in [4.69, 9.17) is 4.74 Å². The van der Waals surface area contributed by atoms with Gasteiger partial charge in [-0.25, -0.2) is 13.4 Å². The van der Waals surface area contributed by atoms with Crippen LogP contribution in [0.5, 0.6) is 5.75 Å². The molecule has 7 nitrogen and oxygen atoms in total. The minimum atomic E-state index is -3.53. The number of benzene rings is 2. The first-order valence-electron chi connectivity index (χ1n) is 11.5. The molecule has 3 aromatic rings. The van der Waals surface area contributed by atoms with E-state index < -0.39 is 10.0 Å². The minimum absolute atomic E-state index is 0.257. The molecule has 0 bridgehead atoms. The van der Waals surface area contributed by atoms with E-state index in [2.05, 4.69) is 10.3 Å². The molecule has 1 amide bonds. The summed E-state index contributed by atoms with van der Waals surface area (Å²) in [5, 5.41) is 5.21. The molecule has 0 radical (unpaired) electrons. The highest BCUT2D eigenvalue weighted by Crippen LogP contribution is 2.27. The highest BCUT2D eigenvalue weighted by molar-refractivity contribution is 7.89. The third kappa shape index (κ3) is 6.78. The molecule has 0 unspecified atom stereocenters. The van der Waals surface area contributed by atoms with E-state index >= 15 is 0 Å². The van der Waals surface area contributed by atoms with Crippen molar-refractivity contribution in [2.45, 2.75) is 38.5 Å². The first kappa shape index (κ1) is 26.6. The highest BCUT2D eigenvalue weighted by Gasteiger charge is 2.22. The Kier molecular flexibility index (Phi) is 9.20. The van der Waals surface area contributed by atoms with Crippen molar-refractivity contribution in [3.05, 3.63) is 65.0 Å². The lowest BCUT2D eigenvalue weighted by atomic mass is 10.1. The van der Waals surface area contributed by atoms with Gasteiger partial charge < -0.3 is 4.74 Å². The van der Waals surface area contributed by atoms with Crippen LogP contribution in [0.1, 0.15) is 39.2 Å². The van der Waals surface area contributed by atoms with Crippen LogP contribution in [0, 0.1) is 0 Å². The summed E-state index contributed by atoms with van der Waals surface area (Å²) in [6, 6.07) is 14.2. The quantitative estimate of drug-likeness (QED) is 0.334. The Balaban J connectivity index is 1.68. The minimum Gasteiger partial charge on any atom is -0.497 e. The van der Waals surface area contributed by atoms with Crippen molar-refractivity contribution in [2.75, 3.05) is 25.5 Å². The van der Waals surface area contributed by atoms with Gasteiger partial charge in [0.05, 0.1) is 17.7 Å². The summed E-state index contributed by atoms with van der Waals surface area (Å²) in [4.78, 5) is 17.4. The number of anilines is 1. The van der Waals surface area contributed by atoms with Crippen LogP contribution >= 0.6 is 11.3 Å². The summed E-state index contributed by atoms with van der Waals surface area (Å²) in [5.41, 5.74) is 2.93. The number of hydrogen-bond donors (Lipinski definition) is 1. The van der Waals surface area contributed by atoms with Crippen molar-refractivity contribution >= 4 is 38.5 Å². The Morgan fingerprint density at radius 3 is 2.26 bits per heavy atom. The van der Waals surface area contributed by atoms with Gasteiger partial charge in [-0.05, 0) is 67.8 Å². The number of nitrogens with one attached hydrogen (secondary N) is 1. The number of thiazole rings is 1. The number of amides is 1. The van der Waals surface area contributed by atoms with Crippen LogP contribution in [-0.2, 0) is 14.8 Å². The summed E-state index contributed by atoms with van der Waals surface area (Å²) in [7, 11) is -1.92. The molecule has 3 rings (SSSR count). The molecule has 2 aromatic carbocycles. The maximum atomic E-state index is 12.9. The molecule has 0 aliphatic carbocycles. The number of hydrogen-bond acceptors (Lipinski definition) is 6. The third-order valence-corrected chi connectivity index (χ3v) is 7.99. The third-order valence-electron chi connectivity index (χ3n) is 5.32. The van der Waals surface area contributed by atoms with Crippen molar-refractivity contribution < 1.29 is 17.9 Å². The lowest BCUT2D eigenvalue weighted by Gasteiger charge is -2.21. The van der Waals surface area contributed by atoms with Gasteiger partial charge in [-0.1, -0.05) is 26.0 Å². The number of carbonyl (C=O) groups is 1. The molecule has 9 heteroatoms. The van der Waals surface area contributed by atoms with Gasteiger partial charge in [0, 0.05) is 29.6 Å². The van der Waals surface area contributed by atoms with Gasteiger partial charge in [-0.15, -0.1) is 11.3 Å². The molecule has 1 heterocycles.